The van der Waals surface area contributed by atoms with Gasteiger partial charge in [0, 0.05) is 3.57 Å². The number of methoxy groups -OCH3 is 1. The van der Waals surface area contributed by atoms with Gasteiger partial charge < -0.3 is 10.1 Å². The van der Waals surface area contributed by atoms with Crippen molar-refractivity contribution in [2.75, 3.05) is 7.11 Å². The molecule has 0 atom stereocenters. The van der Waals surface area contributed by atoms with Gasteiger partial charge in [-0.2, -0.15) is 0 Å². The summed E-state index contributed by atoms with van der Waals surface area (Å²) in [4.78, 5) is 23.3. The molecule has 1 aromatic carbocycles. The van der Waals surface area contributed by atoms with Crippen molar-refractivity contribution in [3.63, 3.8) is 0 Å². The van der Waals surface area contributed by atoms with Crippen molar-refractivity contribution < 1.29 is 18.7 Å². The Morgan fingerprint density at radius 2 is 2.00 bits per heavy atom. The van der Waals surface area contributed by atoms with Crippen molar-refractivity contribution in [3.05, 3.63) is 33.1 Å². The van der Waals surface area contributed by atoms with Crippen LogP contribution in [-0.2, 0) is 9.53 Å². The first kappa shape index (κ1) is 14.9. The largest absolute Gasteiger partial charge is 0.467 e. The zero-order chi connectivity index (χ0) is 13.9. The summed E-state index contributed by atoms with van der Waals surface area (Å²) in [5, 5.41) is 2.43. The number of esters is 1. The molecule has 0 saturated carbocycles. The molecule has 0 unspecified atom stereocenters. The van der Waals surface area contributed by atoms with Gasteiger partial charge in [-0.3, -0.25) is 4.79 Å². The van der Waals surface area contributed by atoms with E-state index < -0.39 is 23.2 Å². The maximum atomic E-state index is 13.5. The molecule has 1 amide bonds. The van der Waals surface area contributed by atoms with E-state index in [1.54, 1.807) is 6.07 Å². The fourth-order valence-electron chi connectivity index (χ4n) is 1.33. The van der Waals surface area contributed by atoms with Crippen LogP contribution in [0.3, 0.4) is 0 Å². The summed E-state index contributed by atoms with van der Waals surface area (Å²) in [6.45, 7) is 2.98. The molecule has 0 spiro atoms. The number of amides is 1. The lowest BCUT2D eigenvalue weighted by Gasteiger charge is -2.23. The summed E-state index contributed by atoms with van der Waals surface area (Å²) in [5.74, 6) is -1.88. The minimum Gasteiger partial charge on any atom is -0.467 e. The van der Waals surface area contributed by atoms with Crippen molar-refractivity contribution in [1.82, 2.24) is 5.32 Å². The lowest BCUT2D eigenvalue weighted by Crippen LogP contribution is -2.50. The zero-order valence-electron chi connectivity index (χ0n) is 10.2. The van der Waals surface area contributed by atoms with E-state index in [-0.39, 0.29) is 5.56 Å². The maximum absolute atomic E-state index is 13.5. The van der Waals surface area contributed by atoms with Crippen molar-refractivity contribution in [3.8, 4) is 0 Å². The number of rotatable bonds is 3. The predicted octanol–water partition coefficient (Wildman–Crippen LogP) is 2.11. The first-order valence-electron chi connectivity index (χ1n) is 5.14. The number of hydrogen-bond donors (Lipinski definition) is 1. The molecule has 0 aliphatic rings. The minimum absolute atomic E-state index is 0.0983. The summed E-state index contributed by atoms with van der Waals surface area (Å²) in [6.07, 6.45) is 0. The van der Waals surface area contributed by atoms with Crippen molar-refractivity contribution >= 4 is 34.5 Å². The van der Waals surface area contributed by atoms with Crippen LogP contribution >= 0.6 is 22.6 Å². The van der Waals surface area contributed by atoms with Gasteiger partial charge in [-0.05, 0) is 54.6 Å². The monoisotopic (exact) mass is 365 g/mol. The van der Waals surface area contributed by atoms with Crippen LogP contribution in [0.15, 0.2) is 18.2 Å². The van der Waals surface area contributed by atoms with Crippen molar-refractivity contribution in [2.45, 2.75) is 19.4 Å². The van der Waals surface area contributed by atoms with Crippen LogP contribution in [0.5, 0.6) is 0 Å². The third-order valence-electron chi connectivity index (χ3n) is 2.29. The number of hydrogen-bond acceptors (Lipinski definition) is 3. The second-order valence-electron chi connectivity index (χ2n) is 4.19. The molecule has 0 heterocycles. The minimum atomic E-state index is -1.21. The quantitative estimate of drug-likeness (QED) is 0.660. The van der Waals surface area contributed by atoms with E-state index in [1.807, 2.05) is 22.6 Å². The van der Waals surface area contributed by atoms with Crippen molar-refractivity contribution in [2.24, 2.45) is 0 Å². The normalized spacial score (nSPS) is 10.9. The molecule has 1 rings (SSSR count). The molecule has 0 aliphatic carbocycles. The summed E-state index contributed by atoms with van der Waals surface area (Å²) in [5.41, 5.74) is -1.31. The van der Waals surface area contributed by atoms with Gasteiger partial charge in [0.15, 0.2) is 0 Å². The fourth-order valence-corrected chi connectivity index (χ4v) is 1.82. The number of halogens is 2. The van der Waals surface area contributed by atoms with Crippen LogP contribution in [0, 0.1) is 9.39 Å². The summed E-state index contributed by atoms with van der Waals surface area (Å²) >= 11 is 1.98. The van der Waals surface area contributed by atoms with Crippen LogP contribution < -0.4 is 5.32 Å². The van der Waals surface area contributed by atoms with Gasteiger partial charge in [0.2, 0.25) is 0 Å². The smallest absolute Gasteiger partial charge is 0.330 e. The molecular weight excluding hydrogens is 352 g/mol. The molecule has 0 fully saturated rings. The van der Waals surface area contributed by atoms with E-state index in [1.165, 1.54) is 33.1 Å². The fraction of sp³-hybridized carbons (Fsp3) is 0.333. The molecule has 1 aromatic rings. The Morgan fingerprint density at radius 1 is 1.39 bits per heavy atom. The number of ether oxygens (including phenoxy) is 1. The first-order valence-corrected chi connectivity index (χ1v) is 6.22. The molecule has 0 radical (unpaired) electrons. The average Bonchev–Trinajstić information content (AvgIpc) is 2.30. The van der Waals surface area contributed by atoms with Crippen LogP contribution in [0.1, 0.15) is 24.2 Å². The highest BCUT2D eigenvalue weighted by Crippen LogP contribution is 2.14. The van der Waals surface area contributed by atoms with E-state index in [2.05, 4.69) is 10.1 Å². The lowest BCUT2D eigenvalue weighted by molar-refractivity contribution is -0.146. The molecule has 0 aromatic heterocycles. The summed E-state index contributed by atoms with van der Waals surface area (Å²) in [6, 6.07) is 4.18. The second kappa shape index (κ2) is 5.64. The van der Waals surface area contributed by atoms with E-state index in [0.29, 0.717) is 0 Å². The van der Waals surface area contributed by atoms with Gasteiger partial charge in [-0.25, -0.2) is 9.18 Å². The van der Waals surface area contributed by atoms with Crippen LogP contribution in [0.4, 0.5) is 4.39 Å². The first-order chi connectivity index (χ1) is 8.27. The Bertz CT molecular complexity index is 488. The Balaban J connectivity index is 2.95. The molecular formula is C12H13FINO3. The highest BCUT2D eigenvalue weighted by Gasteiger charge is 2.31. The zero-order valence-corrected chi connectivity index (χ0v) is 12.4. The maximum Gasteiger partial charge on any atom is 0.330 e. The number of carbonyl (C=O) groups is 2. The molecule has 4 nitrogen and oxygen atoms in total. The van der Waals surface area contributed by atoms with Crippen LogP contribution in [0.2, 0.25) is 0 Å². The third kappa shape index (κ3) is 3.41. The van der Waals surface area contributed by atoms with Crippen LogP contribution in [0.25, 0.3) is 0 Å². The Morgan fingerprint density at radius 3 is 2.56 bits per heavy atom. The van der Waals surface area contributed by atoms with Crippen LogP contribution in [-0.4, -0.2) is 24.5 Å². The SMILES string of the molecule is COC(=O)C(C)(C)NC(=O)c1cc(I)ccc1F. The molecule has 6 heteroatoms. The Kier molecular flexibility index (Phi) is 4.66. The van der Waals surface area contributed by atoms with E-state index in [9.17, 15) is 14.0 Å². The third-order valence-corrected chi connectivity index (χ3v) is 2.97. The lowest BCUT2D eigenvalue weighted by atomic mass is 10.0. The van der Waals surface area contributed by atoms with Gasteiger partial charge in [0.25, 0.3) is 5.91 Å². The highest BCUT2D eigenvalue weighted by atomic mass is 127. The molecule has 1 N–H and O–H groups in total. The molecule has 0 saturated heterocycles. The van der Waals surface area contributed by atoms with Crippen molar-refractivity contribution in [1.29, 1.82) is 0 Å². The highest BCUT2D eigenvalue weighted by molar-refractivity contribution is 14.1. The number of nitrogens with one attached hydrogen (secondary N) is 1. The molecule has 18 heavy (non-hydrogen) atoms. The van der Waals surface area contributed by atoms with Gasteiger partial charge >= 0.3 is 5.97 Å². The van der Waals surface area contributed by atoms with E-state index in [0.717, 1.165) is 3.57 Å². The van der Waals surface area contributed by atoms with E-state index in [4.69, 9.17) is 0 Å². The number of carbonyl (C=O) groups excluding carboxylic acids is 2. The van der Waals surface area contributed by atoms with E-state index >= 15 is 0 Å². The predicted molar refractivity (Wildman–Crippen MR) is 72.7 cm³/mol. The topological polar surface area (TPSA) is 55.4 Å². The summed E-state index contributed by atoms with van der Waals surface area (Å²) in [7, 11) is 1.22. The Hall–Kier alpha value is -1.18. The van der Waals surface area contributed by atoms with Gasteiger partial charge in [0.05, 0.1) is 12.7 Å². The van der Waals surface area contributed by atoms with Gasteiger partial charge in [-0.1, -0.05) is 0 Å². The summed E-state index contributed by atoms with van der Waals surface area (Å²) < 4.78 is 18.8. The standard InChI is InChI=1S/C12H13FINO3/c1-12(2,11(17)18-3)15-10(16)8-6-7(14)4-5-9(8)13/h4-6H,1-3H3,(H,15,16). The second-order valence-corrected chi connectivity index (χ2v) is 5.44. The number of benzene rings is 1. The Labute approximate surface area is 118 Å². The van der Waals surface area contributed by atoms with Gasteiger partial charge in [0.1, 0.15) is 11.4 Å². The molecule has 0 bridgehead atoms. The molecule has 0 aliphatic heterocycles. The molecule has 98 valence electrons. The average molecular weight is 365 g/mol. The van der Waals surface area contributed by atoms with Gasteiger partial charge in [-0.15, -0.1) is 0 Å².